The van der Waals surface area contributed by atoms with E-state index >= 15 is 0 Å². The Balaban J connectivity index is 1.64. The highest BCUT2D eigenvalue weighted by molar-refractivity contribution is 7.99. The SMILES string of the molecule is CN=C(NCCS(=O)(=O)NCC1CCCCO1)NC1CCCSC1. The average molecular weight is 379 g/mol. The normalized spacial score (nSPS) is 26.1. The van der Waals surface area contributed by atoms with Gasteiger partial charge < -0.3 is 15.4 Å². The summed E-state index contributed by atoms with van der Waals surface area (Å²) >= 11 is 1.94. The maximum Gasteiger partial charge on any atom is 0.213 e. The molecule has 0 spiro atoms. The van der Waals surface area contributed by atoms with Crippen LogP contribution in [0.1, 0.15) is 32.1 Å². The van der Waals surface area contributed by atoms with Crippen LogP contribution in [0.2, 0.25) is 0 Å². The summed E-state index contributed by atoms with van der Waals surface area (Å²) < 4.78 is 32.3. The van der Waals surface area contributed by atoms with Gasteiger partial charge in [0.2, 0.25) is 10.0 Å². The van der Waals surface area contributed by atoms with E-state index in [4.69, 9.17) is 4.74 Å². The quantitative estimate of drug-likeness (QED) is 0.442. The number of guanidine groups is 1. The van der Waals surface area contributed by atoms with E-state index in [9.17, 15) is 8.42 Å². The Morgan fingerprint density at radius 3 is 2.83 bits per heavy atom. The standard InChI is InChI=1S/C15H30N4O3S2/c1-16-15(19-13-5-4-9-23-12-13)17-7-10-24(20,21)18-11-14-6-2-3-8-22-14/h13-14,18H,2-12H2,1H3,(H2,16,17,19). The lowest BCUT2D eigenvalue weighted by molar-refractivity contribution is 0.0200. The van der Waals surface area contributed by atoms with Gasteiger partial charge in [0.05, 0.1) is 11.9 Å². The molecule has 2 saturated heterocycles. The molecule has 3 N–H and O–H groups in total. The zero-order valence-electron chi connectivity index (χ0n) is 14.4. The van der Waals surface area contributed by atoms with Crippen LogP contribution < -0.4 is 15.4 Å². The molecule has 2 fully saturated rings. The molecule has 0 saturated carbocycles. The summed E-state index contributed by atoms with van der Waals surface area (Å²) in [5, 5.41) is 6.45. The van der Waals surface area contributed by atoms with E-state index in [1.54, 1.807) is 7.05 Å². The Labute approximate surface area is 149 Å². The maximum absolute atomic E-state index is 12.1. The monoisotopic (exact) mass is 378 g/mol. The molecule has 2 unspecified atom stereocenters. The van der Waals surface area contributed by atoms with Crippen LogP contribution in [0, 0.1) is 0 Å². The molecule has 24 heavy (non-hydrogen) atoms. The van der Waals surface area contributed by atoms with Gasteiger partial charge in [0.1, 0.15) is 0 Å². The lowest BCUT2D eigenvalue weighted by atomic mass is 10.1. The van der Waals surface area contributed by atoms with Crippen molar-refractivity contribution in [3.8, 4) is 0 Å². The number of ether oxygens (including phenoxy) is 1. The smallest absolute Gasteiger partial charge is 0.213 e. The molecule has 0 radical (unpaired) electrons. The fourth-order valence-corrected chi connectivity index (χ4v) is 4.83. The second kappa shape index (κ2) is 10.5. The van der Waals surface area contributed by atoms with E-state index in [0.717, 1.165) is 38.0 Å². The first-order chi connectivity index (χ1) is 11.6. The van der Waals surface area contributed by atoms with Crippen LogP contribution in [0.15, 0.2) is 4.99 Å². The Hall–Kier alpha value is -0.510. The molecule has 0 bridgehead atoms. The van der Waals surface area contributed by atoms with Crippen molar-refractivity contribution < 1.29 is 13.2 Å². The van der Waals surface area contributed by atoms with Crippen LogP contribution in [0.25, 0.3) is 0 Å². The van der Waals surface area contributed by atoms with Crippen LogP contribution >= 0.6 is 11.8 Å². The van der Waals surface area contributed by atoms with Gasteiger partial charge in [-0.3, -0.25) is 4.99 Å². The zero-order chi connectivity index (χ0) is 17.3. The lowest BCUT2D eigenvalue weighted by Gasteiger charge is -2.24. The molecule has 0 aromatic heterocycles. The molecule has 2 atom stereocenters. The van der Waals surface area contributed by atoms with Gasteiger partial charge in [0, 0.05) is 38.5 Å². The van der Waals surface area contributed by atoms with Crippen LogP contribution in [-0.4, -0.2) is 70.5 Å². The van der Waals surface area contributed by atoms with Crippen molar-refractivity contribution >= 4 is 27.7 Å². The van der Waals surface area contributed by atoms with Crippen molar-refractivity contribution in [1.82, 2.24) is 15.4 Å². The van der Waals surface area contributed by atoms with E-state index in [0.29, 0.717) is 25.1 Å². The number of aliphatic imine (C=N–C) groups is 1. The molecule has 0 amide bonds. The lowest BCUT2D eigenvalue weighted by Crippen LogP contribution is -2.47. The Morgan fingerprint density at radius 2 is 2.17 bits per heavy atom. The molecule has 2 aliphatic heterocycles. The Morgan fingerprint density at radius 1 is 1.29 bits per heavy atom. The summed E-state index contributed by atoms with van der Waals surface area (Å²) in [5.41, 5.74) is 0. The minimum atomic E-state index is -3.30. The predicted molar refractivity (Wildman–Crippen MR) is 100 cm³/mol. The zero-order valence-corrected chi connectivity index (χ0v) is 16.1. The molecule has 0 aromatic carbocycles. The molecule has 140 valence electrons. The van der Waals surface area contributed by atoms with Crippen molar-refractivity contribution in [3.63, 3.8) is 0 Å². The third-order valence-electron chi connectivity index (χ3n) is 4.19. The first kappa shape index (κ1) is 19.8. The first-order valence-corrected chi connectivity index (χ1v) is 11.5. The molecule has 0 aliphatic carbocycles. The van der Waals surface area contributed by atoms with Crippen LogP contribution in [0.4, 0.5) is 0 Å². The topological polar surface area (TPSA) is 91.8 Å². The first-order valence-electron chi connectivity index (χ1n) is 8.73. The van der Waals surface area contributed by atoms with Gasteiger partial charge in [-0.25, -0.2) is 13.1 Å². The molecular weight excluding hydrogens is 348 g/mol. The van der Waals surface area contributed by atoms with Gasteiger partial charge in [-0.15, -0.1) is 0 Å². The summed E-state index contributed by atoms with van der Waals surface area (Å²) in [6, 6.07) is 0.410. The fraction of sp³-hybridized carbons (Fsp3) is 0.933. The molecule has 2 rings (SSSR count). The highest BCUT2D eigenvalue weighted by Gasteiger charge is 2.18. The maximum atomic E-state index is 12.1. The fourth-order valence-electron chi connectivity index (χ4n) is 2.81. The van der Waals surface area contributed by atoms with Crippen LogP contribution in [0.3, 0.4) is 0 Å². The average Bonchev–Trinajstić information content (AvgIpc) is 2.61. The minimum absolute atomic E-state index is 0.0136. The molecular formula is C15H30N4O3S2. The van der Waals surface area contributed by atoms with E-state index < -0.39 is 10.0 Å². The second-order valence-electron chi connectivity index (χ2n) is 6.21. The largest absolute Gasteiger partial charge is 0.377 e. The van der Waals surface area contributed by atoms with Crippen molar-refractivity contribution in [2.24, 2.45) is 4.99 Å². The number of nitrogens with zero attached hydrogens (tertiary/aromatic N) is 1. The predicted octanol–water partition coefficient (Wildman–Crippen LogP) is 0.536. The third-order valence-corrected chi connectivity index (χ3v) is 6.76. The number of thioether (sulfide) groups is 1. The van der Waals surface area contributed by atoms with E-state index in [2.05, 4.69) is 20.3 Å². The van der Waals surface area contributed by atoms with Crippen molar-refractivity contribution in [2.45, 2.75) is 44.2 Å². The Kier molecular flexibility index (Phi) is 8.65. The van der Waals surface area contributed by atoms with Gasteiger partial charge >= 0.3 is 0 Å². The van der Waals surface area contributed by atoms with Crippen molar-refractivity contribution in [1.29, 1.82) is 0 Å². The van der Waals surface area contributed by atoms with E-state index in [1.165, 1.54) is 12.2 Å². The molecule has 7 nitrogen and oxygen atoms in total. The van der Waals surface area contributed by atoms with Gasteiger partial charge in [-0.1, -0.05) is 0 Å². The Bertz CT molecular complexity index is 487. The summed E-state index contributed by atoms with van der Waals surface area (Å²) in [4.78, 5) is 4.17. The third kappa shape index (κ3) is 7.58. The summed E-state index contributed by atoms with van der Waals surface area (Å²) in [5.74, 6) is 2.99. The van der Waals surface area contributed by atoms with Gasteiger partial charge in [-0.05, 0) is 37.9 Å². The number of sulfonamides is 1. The van der Waals surface area contributed by atoms with Crippen molar-refractivity contribution in [2.75, 3.05) is 44.0 Å². The van der Waals surface area contributed by atoms with Gasteiger partial charge in [0.25, 0.3) is 0 Å². The van der Waals surface area contributed by atoms with Crippen LogP contribution in [0.5, 0.6) is 0 Å². The molecule has 2 heterocycles. The summed E-state index contributed by atoms with van der Waals surface area (Å²) in [7, 11) is -1.59. The van der Waals surface area contributed by atoms with Gasteiger partial charge in [-0.2, -0.15) is 11.8 Å². The minimum Gasteiger partial charge on any atom is -0.377 e. The van der Waals surface area contributed by atoms with Crippen LogP contribution in [-0.2, 0) is 14.8 Å². The molecule has 9 heteroatoms. The highest BCUT2D eigenvalue weighted by atomic mass is 32.2. The van der Waals surface area contributed by atoms with Gasteiger partial charge in [0.15, 0.2) is 5.96 Å². The second-order valence-corrected chi connectivity index (χ2v) is 9.29. The number of hydrogen-bond acceptors (Lipinski definition) is 5. The van der Waals surface area contributed by atoms with E-state index in [-0.39, 0.29) is 11.9 Å². The molecule has 2 aliphatic rings. The number of nitrogens with one attached hydrogen (secondary N) is 3. The number of hydrogen-bond donors (Lipinski definition) is 3. The summed E-state index contributed by atoms with van der Waals surface area (Å²) in [6.07, 6.45) is 5.46. The highest BCUT2D eigenvalue weighted by Crippen LogP contribution is 2.16. The van der Waals surface area contributed by atoms with E-state index in [1.807, 2.05) is 11.8 Å². The number of rotatable bonds is 7. The summed E-state index contributed by atoms with van der Waals surface area (Å²) in [6.45, 7) is 1.43. The molecule has 0 aromatic rings. The van der Waals surface area contributed by atoms with Crippen molar-refractivity contribution in [3.05, 3.63) is 0 Å².